The second kappa shape index (κ2) is 26.2. The number of fused-ring (bicyclic) bond motifs is 3. The number of aryl methyl sites for hydroxylation is 2. The molecule has 0 spiro atoms. The quantitative estimate of drug-likeness (QED) is 0.0846. The highest BCUT2D eigenvalue weighted by molar-refractivity contribution is 5.93. The first-order chi connectivity index (χ1) is 45.2. The molecular weight excluding hydrogens is 1110 g/mol. The lowest BCUT2D eigenvalue weighted by Gasteiger charge is -2.26. The molecule has 0 saturated heterocycles. The van der Waals surface area contributed by atoms with Crippen molar-refractivity contribution in [1.29, 1.82) is 0 Å². The molecule has 92 heavy (non-hydrogen) atoms. The molecule has 0 radical (unpaired) electrons. The molecule has 12 aromatic rings. The third-order valence-corrected chi connectivity index (χ3v) is 17.2. The van der Waals surface area contributed by atoms with Crippen LogP contribution in [0.2, 0.25) is 0 Å². The molecule has 0 N–H and O–H groups in total. The summed E-state index contributed by atoms with van der Waals surface area (Å²) in [7, 11) is 0. The zero-order valence-electron chi connectivity index (χ0n) is 52.0. The van der Waals surface area contributed by atoms with Gasteiger partial charge in [0.2, 0.25) is 0 Å². The Balaban J connectivity index is 0.874. The second-order valence-corrected chi connectivity index (χ2v) is 23.7. The van der Waals surface area contributed by atoms with Gasteiger partial charge >= 0.3 is 0 Å². The first-order valence-electron chi connectivity index (χ1n) is 31.5. The van der Waals surface area contributed by atoms with Gasteiger partial charge in [-0.15, -0.1) is 0 Å². The molecule has 4 nitrogen and oxygen atoms in total. The number of para-hydroxylation sites is 4. The SMILES string of the molecule is C=C1C=C(C)OC(/C=C/c2ccc(N(c3ccc(C)cc3)c3ccc(-c4cc(/C=C/c5ccc(N(c6ccccc6)c6ccccc6)cc5)c(-c5ccc6c(c5)Cc5cc(C)ccc5-6)cc4/C=C/c4ccc(N(c5ccccc5)c5ccccc5)cc4)cc3)cc2)=C1. The predicted molar refractivity (Wildman–Crippen MR) is 391 cm³/mol. The van der Waals surface area contributed by atoms with Crippen molar-refractivity contribution in [2.75, 3.05) is 14.7 Å². The monoisotopic (exact) mass is 1180 g/mol. The van der Waals surface area contributed by atoms with E-state index in [4.69, 9.17) is 4.74 Å². The number of anilines is 9. The van der Waals surface area contributed by atoms with E-state index in [1.807, 2.05) is 25.2 Å². The van der Waals surface area contributed by atoms with E-state index in [2.05, 4.69) is 357 Å². The normalized spacial score (nSPS) is 12.6. The first-order valence-corrected chi connectivity index (χ1v) is 31.5. The molecule has 0 bridgehead atoms. The maximum Gasteiger partial charge on any atom is 0.127 e. The van der Waals surface area contributed by atoms with Crippen LogP contribution in [0.25, 0.3) is 63.8 Å². The molecule has 442 valence electrons. The number of hydrogen-bond acceptors (Lipinski definition) is 4. The van der Waals surface area contributed by atoms with E-state index >= 15 is 0 Å². The third-order valence-electron chi connectivity index (χ3n) is 17.2. The average Bonchev–Trinajstić information content (AvgIpc) is 1.62. The standard InChI is InChI=1S/C88H69N3O/c1-62-25-42-79(43-26-62)91(82-48-34-68(35-49-82)36-52-84-57-64(3)55-65(4)92-84)83-50-39-69(40-51-83)87-60-72(38-29-67-32-46-81(47-33-67)90(77-21-13-7-14-22-77)78-23-15-8-16-24-78)88(70-41-54-86-74(58-70)59-73-56-63(2)27-53-85(73)86)61-71(87)37-28-66-30-44-80(45-31-66)89(75-17-9-5-10-18-75)76-19-11-6-12-20-76/h5-58,60-61H,3,59H2,1-2,4H3/b37-28+,38-29+,52-36+. The molecule has 1 aliphatic carbocycles. The number of rotatable bonds is 17. The molecular formula is C88H69N3O. The van der Waals surface area contributed by atoms with Gasteiger partial charge in [-0.05, 0) is 245 Å². The van der Waals surface area contributed by atoms with Gasteiger partial charge in [0, 0.05) is 51.2 Å². The summed E-state index contributed by atoms with van der Waals surface area (Å²) in [6.07, 6.45) is 18.0. The van der Waals surface area contributed by atoms with E-state index in [-0.39, 0.29) is 0 Å². The van der Waals surface area contributed by atoms with Gasteiger partial charge in [0.15, 0.2) is 0 Å². The minimum Gasteiger partial charge on any atom is -0.462 e. The van der Waals surface area contributed by atoms with E-state index in [9.17, 15) is 0 Å². The van der Waals surface area contributed by atoms with Gasteiger partial charge in [0.05, 0.1) is 0 Å². The van der Waals surface area contributed by atoms with Crippen LogP contribution in [-0.2, 0) is 11.2 Å². The van der Waals surface area contributed by atoms with Gasteiger partial charge in [0.1, 0.15) is 11.5 Å². The van der Waals surface area contributed by atoms with E-state index in [0.29, 0.717) is 0 Å². The largest absolute Gasteiger partial charge is 0.462 e. The molecule has 12 aromatic carbocycles. The Hall–Kier alpha value is -11.7. The van der Waals surface area contributed by atoms with Crippen molar-refractivity contribution in [2.24, 2.45) is 0 Å². The second-order valence-electron chi connectivity index (χ2n) is 23.7. The number of ether oxygens (including phenoxy) is 1. The van der Waals surface area contributed by atoms with Gasteiger partial charge in [-0.1, -0.05) is 218 Å². The first kappa shape index (κ1) is 58.0. The lowest BCUT2D eigenvalue weighted by molar-refractivity contribution is 0.318. The molecule has 4 heteroatoms. The minimum absolute atomic E-state index is 0.769. The lowest BCUT2D eigenvalue weighted by Crippen LogP contribution is -2.09. The molecule has 0 aromatic heterocycles. The van der Waals surface area contributed by atoms with Crippen molar-refractivity contribution in [3.63, 3.8) is 0 Å². The third kappa shape index (κ3) is 12.8. The van der Waals surface area contributed by atoms with Crippen LogP contribution in [0.15, 0.2) is 333 Å². The lowest BCUT2D eigenvalue weighted by atomic mass is 9.88. The van der Waals surface area contributed by atoms with Gasteiger partial charge in [-0.25, -0.2) is 0 Å². The summed E-state index contributed by atoms with van der Waals surface area (Å²) in [5.74, 6) is 1.60. The Morgan fingerprint density at radius 2 is 0.652 bits per heavy atom. The predicted octanol–water partition coefficient (Wildman–Crippen LogP) is 24.3. The molecule has 1 heterocycles. The number of hydrogen-bond donors (Lipinski definition) is 0. The molecule has 14 rings (SSSR count). The Labute approximate surface area is 541 Å². The fraction of sp³-hybridized carbons (Fsp3) is 0.0455. The average molecular weight is 1180 g/mol. The summed E-state index contributed by atoms with van der Waals surface area (Å²) >= 11 is 0. The van der Waals surface area contributed by atoms with Crippen LogP contribution in [0.5, 0.6) is 0 Å². The molecule has 1 aliphatic heterocycles. The van der Waals surface area contributed by atoms with E-state index in [1.165, 1.54) is 38.9 Å². The van der Waals surface area contributed by atoms with Crippen molar-refractivity contribution in [3.8, 4) is 33.4 Å². The van der Waals surface area contributed by atoms with E-state index < -0.39 is 0 Å². The zero-order valence-corrected chi connectivity index (χ0v) is 52.0. The summed E-state index contributed by atoms with van der Waals surface area (Å²) in [6, 6.07) is 105. The van der Waals surface area contributed by atoms with Crippen LogP contribution in [0.3, 0.4) is 0 Å². The summed E-state index contributed by atoms with van der Waals surface area (Å²) in [5, 5.41) is 0. The highest BCUT2D eigenvalue weighted by Gasteiger charge is 2.22. The fourth-order valence-corrected chi connectivity index (χ4v) is 12.6. The van der Waals surface area contributed by atoms with Gasteiger partial charge < -0.3 is 19.4 Å². The van der Waals surface area contributed by atoms with Gasteiger partial charge in [0.25, 0.3) is 0 Å². The van der Waals surface area contributed by atoms with Crippen molar-refractivity contribution in [1.82, 2.24) is 0 Å². The molecule has 0 saturated carbocycles. The van der Waals surface area contributed by atoms with Crippen molar-refractivity contribution >= 4 is 81.6 Å². The highest BCUT2D eigenvalue weighted by atomic mass is 16.5. The van der Waals surface area contributed by atoms with E-state index in [1.54, 1.807) is 0 Å². The van der Waals surface area contributed by atoms with Crippen LogP contribution < -0.4 is 14.7 Å². The van der Waals surface area contributed by atoms with Gasteiger partial charge in [-0.3, -0.25) is 0 Å². The zero-order chi connectivity index (χ0) is 62.3. The fourth-order valence-electron chi connectivity index (χ4n) is 12.6. The summed E-state index contributed by atoms with van der Waals surface area (Å²) in [4.78, 5) is 6.94. The van der Waals surface area contributed by atoms with Crippen molar-refractivity contribution in [2.45, 2.75) is 27.2 Å². The van der Waals surface area contributed by atoms with E-state index in [0.717, 1.165) is 119 Å². The number of nitrogens with zero attached hydrogens (tertiary/aromatic N) is 3. The topological polar surface area (TPSA) is 19.0 Å². The van der Waals surface area contributed by atoms with Gasteiger partial charge in [-0.2, -0.15) is 0 Å². The number of allylic oxidation sites excluding steroid dienone is 5. The van der Waals surface area contributed by atoms with Crippen LogP contribution in [-0.4, -0.2) is 0 Å². The molecule has 2 aliphatic rings. The van der Waals surface area contributed by atoms with Crippen LogP contribution in [0.1, 0.15) is 57.0 Å². The molecule has 0 unspecified atom stereocenters. The summed E-state index contributed by atoms with van der Waals surface area (Å²) < 4.78 is 5.97. The Morgan fingerprint density at radius 3 is 1.09 bits per heavy atom. The summed E-state index contributed by atoms with van der Waals surface area (Å²) in [6.45, 7) is 10.4. The Bertz CT molecular complexity index is 4700. The van der Waals surface area contributed by atoms with Crippen molar-refractivity contribution in [3.05, 3.63) is 383 Å². The maximum atomic E-state index is 5.97. The minimum atomic E-state index is 0.769. The Morgan fingerprint density at radius 1 is 0.304 bits per heavy atom. The molecule has 0 atom stereocenters. The smallest absolute Gasteiger partial charge is 0.127 e. The molecule has 0 amide bonds. The van der Waals surface area contributed by atoms with Crippen LogP contribution in [0, 0.1) is 13.8 Å². The molecule has 0 fully saturated rings. The maximum absolute atomic E-state index is 5.97. The summed E-state index contributed by atoms with van der Waals surface area (Å²) in [5.41, 5.74) is 28.6. The Kier molecular flexibility index (Phi) is 16.5. The van der Waals surface area contributed by atoms with Crippen LogP contribution >= 0.6 is 0 Å². The number of benzene rings is 12. The highest BCUT2D eigenvalue weighted by Crippen LogP contribution is 2.44. The van der Waals surface area contributed by atoms with Crippen LogP contribution in [0.4, 0.5) is 51.2 Å². The van der Waals surface area contributed by atoms with Crippen molar-refractivity contribution < 1.29 is 4.74 Å².